The van der Waals surface area contributed by atoms with Crippen molar-refractivity contribution in [3.05, 3.63) is 64.1 Å². The highest BCUT2D eigenvalue weighted by Gasteiger charge is 2.15. The van der Waals surface area contributed by atoms with Gasteiger partial charge in [0.25, 0.3) is 5.91 Å². The molecule has 0 fully saturated rings. The van der Waals surface area contributed by atoms with Crippen LogP contribution in [0.1, 0.15) is 16.8 Å². The highest BCUT2D eigenvalue weighted by Crippen LogP contribution is 2.20. The molecular weight excluding hydrogens is 467 g/mol. The number of benzene rings is 2. The summed E-state index contributed by atoms with van der Waals surface area (Å²) in [5.74, 6) is -2.07. The Morgan fingerprint density at radius 2 is 1.65 bits per heavy atom. The Bertz CT molecular complexity index is 1040. The number of nitrogens with one attached hydrogen (secondary N) is 2. The molecule has 2 amide bonds. The van der Waals surface area contributed by atoms with Gasteiger partial charge >= 0.3 is 5.97 Å². The van der Waals surface area contributed by atoms with Gasteiger partial charge in [0, 0.05) is 5.02 Å². The average Bonchev–Trinajstić information content (AvgIpc) is 2.74. The SMILES string of the molecule is O=C(CNC(=O)c1ccc(Cl)cc1Cl)NCC(=O)OCCCS(=O)(=O)c1ccccc1. The Hall–Kier alpha value is -2.62. The van der Waals surface area contributed by atoms with Crippen molar-refractivity contribution < 1.29 is 27.5 Å². The predicted octanol–water partition coefficient (Wildman–Crippen LogP) is 2.25. The molecule has 0 aliphatic rings. The third-order valence-electron chi connectivity index (χ3n) is 3.94. The van der Waals surface area contributed by atoms with Crippen LogP contribution in [-0.2, 0) is 24.2 Å². The Morgan fingerprint density at radius 1 is 0.935 bits per heavy atom. The number of carbonyl (C=O) groups is 3. The molecule has 0 spiro atoms. The van der Waals surface area contributed by atoms with E-state index in [9.17, 15) is 22.8 Å². The van der Waals surface area contributed by atoms with Gasteiger partial charge in [0.15, 0.2) is 9.84 Å². The fourth-order valence-electron chi connectivity index (χ4n) is 2.39. The molecule has 166 valence electrons. The van der Waals surface area contributed by atoms with E-state index in [0.29, 0.717) is 5.02 Å². The summed E-state index contributed by atoms with van der Waals surface area (Å²) in [6, 6.07) is 12.3. The summed E-state index contributed by atoms with van der Waals surface area (Å²) in [6.45, 7) is -0.894. The molecule has 0 bridgehead atoms. The Kier molecular flexibility index (Phi) is 9.29. The molecule has 2 aromatic carbocycles. The summed E-state index contributed by atoms with van der Waals surface area (Å²) in [7, 11) is -3.45. The number of hydrogen-bond acceptors (Lipinski definition) is 6. The van der Waals surface area contributed by atoms with E-state index in [1.165, 1.54) is 30.3 Å². The average molecular weight is 487 g/mol. The lowest BCUT2D eigenvalue weighted by molar-refractivity contribution is -0.143. The summed E-state index contributed by atoms with van der Waals surface area (Å²) in [4.78, 5) is 35.7. The number of carbonyl (C=O) groups excluding carboxylic acids is 3. The normalized spacial score (nSPS) is 10.9. The first-order valence-corrected chi connectivity index (χ1v) is 11.5. The minimum atomic E-state index is -3.45. The molecule has 0 unspecified atom stereocenters. The molecule has 0 aliphatic carbocycles. The summed E-state index contributed by atoms with van der Waals surface area (Å²) in [6.07, 6.45) is 0.120. The summed E-state index contributed by atoms with van der Waals surface area (Å²) in [5, 5.41) is 5.18. The van der Waals surface area contributed by atoms with E-state index in [1.54, 1.807) is 18.2 Å². The third-order valence-corrected chi connectivity index (χ3v) is 6.30. The van der Waals surface area contributed by atoms with Crippen LogP contribution >= 0.6 is 23.2 Å². The molecule has 31 heavy (non-hydrogen) atoms. The molecular formula is C20H20Cl2N2O6S. The molecule has 11 heteroatoms. The maximum atomic E-state index is 12.1. The van der Waals surface area contributed by atoms with Gasteiger partial charge in [-0.05, 0) is 36.8 Å². The quantitative estimate of drug-likeness (QED) is 0.392. The van der Waals surface area contributed by atoms with Gasteiger partial charge in [-0.2, -0.15) is 0 Å². The van der Waals surface area contributed by atoms with Gasteiger partial charge in [0.1, 0.15) is 6.54 Å². The highest BCUT2D eigenvalue weighted by molar-refractivity contribution is 7.91. The van der Waals surface area contributed by atoms with E-state index >= 15 is 0 Å². The van der Waals surface area contributed by atoms with Crippen LogP contribution in [0.15, 0.2) is 53.4 Å². The molecule has 8 nitrogen and oxygen atoms in total. The van der Waals surface area contributed by atoms with Crippen LogP contribution in [0.5, 0.6) is 0 Å². The minimum absolute atomic E-state index is 0.105. The van der Waals surface area contributed by atoms with Crippen LogP contribution in [0.4, 0.5) is 0 Å². The van der Waals surface area contributed by atoms with Crippen molar-refractivity contribution in [3.63, 3.8) is 0 Å². The van der Waals surface area contributed by atoms with Gasteiger partial charge in [-0.25, -0.2) is 8.42 Å². The number of esters is 1. The van der Waals surface area contributed by atoms with E-state index in [2.05, 4.69) is 10.6 Å². The van der Waals surface area contributed by atoms with Crippen LogP contribution in [0.25, 0.3) is 0 Å². The van der Waals surface area contributed by atoms with E-state index in [1.807, 2.05) is 0 Å². The third kappa shape index (κ3) is 8.20. The zero-order valence-electron chi connectivity index (χ0n) is 16.3. The Balaban J connectivity index is 1.64. The zero-order chi connectivity index (χ0) is 22.9. The Morgan fingerprint density at radius 3 is 2.32 bits per heavy atom. The fourth-order valence-corrected chi connectivity index (χ4v) is 4.19. The maximum Gasteiger partial charge on any atom is 0.325 e. The van der Waals surface area contributed by atoms with E-state index in [4.69, 9.17) is 27.9 Å². The van der Waals surface area contributed by atoms with Crippen molar-refractivity contribution in [1.29, 1.82) is 0 Å². The van der Waals surface area contributed by atoms with E-state index in [-0.39, 0.29) is 40.8 Å². The van der Waals surface area contributed by atoms with Crippen LogP contribution < -0.4 is 10.6 Å². The monoisotopic (exact) mass is 486 g/mol. The lowest BCUT2D eigenvalue weighted by Crippen LogP contribution is -2.39. The van der Waals surface area contributed by atoms with Gasteiger partial charge in [-0.3, -0.25) is 14.4 Å². The number of sulfone groups is 1. The number of amides is 2. The van der Waals surface area contributed by atoms with Crippen molar-refractivity contribution >= 4 is 50.8 Å². The molecule has 0 atom stereocenters. The van der Waals surface area contributed by atoms with Crippen LogP contribution in [0.2, 0.25) is 10.0 Å². The van der Waals surface area contributed by atoms with Gasteiger partial charge in [0.2, 0.25) is 5.91 Å². The summed E-state index contributed by atoms with van der Waals surface area (Å²) in [5.41, 5.74) is 0.156. The number of ether oxygens (including phenoxy) is 1. The highest BCUT2D eigenvalue weighted by atomic mass is 35.5. The number of rotatable bonds is 10. The molecule has 0 saturated heterocycles. The first-order valence-electron chi connectivity index (χ1n) is 9.12. The minimum Gasteiger partial charge on any atom is -0.464 e. The molecule has 0 heterocycles. The first-order chi connectivity index (χ1) is 14.7. The van der Waals surface area contributed by atoms with Crippen molar-refractivity contribution in [1.82, 2.24) is 10.6 Å². The second-order valence-electron chi connectivity index (χ2n) is 6.29. The van der Waals surface area contributed by atoms with Crippen molar-refractivity contribution in [2.24, 2.45) is 0 Å². The van der Waals surface area contributed by atoms with Crippen LogP contribution in [0, 0.1) is 0 Å². The molecule has 2 aromatic rings. The fraction of sp³-hybridized carbons (Fsp3) is 0.250. The van der Waals surface area contributed by atoms with Crippen molar-refractivity contribution in [3.8, 4) is 0 Å². The summed E-state index contributed by atoms with van der Waals surface area (Å²) >= 11 is 11.7. The maximum absolute atomic E-state index is 12.1. The molecule has 0 aromatic heterocycles. The van der Waals surface area contributed by atoms with E-state index in [0.717, 1.165) is 0 Å². The number of hydrogen-bond donors (Lipinski definition) is 2. The van der Waals surface area contributed by atoms with Gasteiger partial charge in [-0.1, -0.05) is 41.4 Å². The predicted molar refractivity (Wildman–Crippen MR) is 116 cm³/mol. The molecule has 2 N–H and O–H groups in total. The van der Waals surface area contributed by atoms with Gasteiger partial charge < -0.3 is 15.4 Å². The van der Waals surface area contributed by atoms with Crippen LogP contribution in [-0.4, -0.2) is 51.7 Å². The second kappa shape index (κ2) is 11.7. The molecule has 0 radical (unpaired) electrons. The standard InChI is InChI=1S/C20H20Cl2N2O6S/c21-14-7-8-16(17(22)11-14)20(27)24-12-18(25)23-13-19(26)30-9-4-10-31(28,29)15-5-2-1-3-6-15/h1-3,5-8,11H,4,9-10,12-13H2,(H,23,25)(H,24,27). The summed E-state index contributed by atoms with van der Waals surface area (Å²) < 4.78 is 29.1. The smallest absolute Gasteiger partial charge is 0.325 e. The molecule has 0 saturated carbocycles. The van der Waals surface area contributed by atoms with E-state index < -0.39 is 34.2 Å². The lowest BCUT2D eigenvalue weighted by Gasteiger charge is -2.09. The second-order valence-corrected chi connectivity index (χ2v) is 9.24. The van der Waals surface area contributed by atoms with Crippen molar-refractivity contribution in [2.75, 3.05) is 25.4 Å². The topological polar surface area (TPSA) is 119 Å². The zero-order valence-corrected chi connectivity index (χ0v) is 18.6. The number of halogens is 2. The lowest BCUT2D eigenvalue weighted by atomic mass is 10.2. The first kappa shape index (κ1) is 24.6. The molecule has 2 rings (SSSR count). The van der Waals surface area contributed by atoms with Gasteiger partial charge in [-0.15, -0.1) is 0 Å². The van der Waals surface area contributed by atoms with Crippen LogP contribution in [0.3, 0.4) is 0 Å². The van der Waals surface area contributed by atoms with Gasteiger partial charge in [0.05, 0.1) is 34.4 Å². The van der Waals surface area contributed by atoms with Crippen molar-refractivity contribution in [2.45, 2.75) is 11.3 Å². The molecule has 0 aliphatic heterocycles. The Labute approximate surface area is 189 Å². The largest absolute Gasteiger partial charge is 0.464 e.